The van der Waals surface area contributed by atoms with E-state index < -0.39 is 10.0 Å². The van der Waals surface area contributed by atoms with Gasteiger partial charge in [0.05, 0.1) is 19.5 Å². The van der Waals surface area contributed by atoms with Crippen molar-refractivity contribution in [2.24, 2.45) is 0 Å². The Kier molecular flexibility index (Phi) is 6.28. The third-order valence-electron chi connectivity index (χ3n) is 5.02. The molecule has 1 fully saturated rings. The Morgan fingerprint density at radius 1 is 1.06 bits per heavy atom. The van der Waals surface area contributed by atoms with Gasteiger partial charge >= 0.3 is 0 Å². The van der Waals surface area contributed by atoms with Gasteiger partial charge in [-0.15, -0.1) is 0 Å². The van der Waals surface area contributed by atoms with E-state index in [2.05, 4.69) is 29.9 Å². The summed E-state index contributed by atoms with van der Waals surface area (Å²) in [7, 11) is -3.76. The summed E-state index contributed by atoms with van der Waals surface area (Å²) in [5.74, 6) is 1.34. The molecule has 3 aromatic rings. The number of nitrogens with zero attached hydrogens (tertiary/aromatic N) is 5. The fourth-order valence-electron chi connectivity index (χ4n) is 3.26. The molecular weight excluding hydrogens is 430 g/mol. The highest BCUT2D eigenvalue weighted by molar-refractivity contribution is 7.92. The third kappa shape index (κ3) is 5.17. The molecule has 1 aliphatic rings. The molecule has 2 N–H and O–H groups in total. The van der Waals surface area contributed by atoms with Crippen molar-refractivity contribution in [1.82, 2.24) is 19.5 Å². The fourth-order valence-corrected chi connectivity index (χ4v) is 4.26. The molecule has 0 amide bonds. The van der Waals surface area contributed by atoms with Gasteiger partial charge in [-0.05, 0) is 45.0 Å². The monoisotopic (exact) mass is 457 g/mol. The van der Waals surface area contributed by atoms with E-state index in [0.717, 1.165) is 30.3 Å². The predicted octanol–water partition coefficient (Wildman–Crippen LogP) is 2.94. The molecule has 0 aliphatic carbocycles. The van der Waals surface area contributed by atoms with E-state index >= 15 is 0 Å². The summed E-state index contributed by atoms with van der Waals surface area (Å²) >= 11 is 0. The number of aromatic nitrogens is 4. The highest BCUT2D eigenvalue weighted by Crippen LogP contribution is 2.22. The zero-order chi connectivity index (χ0) is 22.7. The van der Waals surface area contributed by atoms with Crippen molar-refractivity contribution >= 4 is 33.2 Å². The van der Waals surface area contributed by atoms with Crippen molar-refractivity contribution in [2.75, 3.05) is 41.2 Å². The number of nitrogens with one attached hydrogen (secondary N) is 2. The van der Waals surface area contributed by atoms with Crippen LogP contribution in [0.15, 0.2) is 47.9 Å². The summed E-state index contributed by atoms with van der Waals surface area (Å²) in [4.78, 5) is 15.3. The molecule has 1 saturated heterocycles. The standard InChI is InChI=1S/C21H27N7O3S/c1-15(2)28-13-20(22-14-28)32(29,30)26-18-6-4-17(5-7-18)24-21-23-16(3)12-19(25-21)27-8-10-31-11-9-27/h4-7,12-15,26H,8-11H2,1-3H3,(H,23,24,25). The second-order valence-electron chi connectivity index (χ2n) is 7.85. The normalized spacial score (nSPS) is 14.6. The first-order valence-electron chi connectivity index (χ1n) is 10.4. The minimum absolute atomic E-state index is 0.0165. The van der Waals surface area contributed by atoms with Crippen LogP contribution in [0.4, 0.5) is 23.1 Å². The highest BCUT2D eigenvalue weighted by Gasteiger charge is 2.18. The zero-order valence-electron chi connectivity index (χ0n) is 18.3. The quantitative estimate of drug-likeness (QED) is 0.557. The SMILES string of the molecule is Cc1cc(N2CCOCC2)nc(Nc2ccc(NS(=O)(=O)c3cn(C(C)C)cn3)cc2)n1. The summed E-state index contributed by atoms with van der Waals surface area (Å²) in [6, 6.07) is 8.98. The first-order valence-corrected chi connectivity index (χ1v) is 11.9. The first kappa shape index (κ1) is 22.0. The van der Waals surface area contributed by atoms with Crippen LogP contribution in [0.25, 0.3) is 0 Å². The number of hydrogen-bond acceptors (Lipinski definition) is 8. The predicted molar refractivity (Wildman–Crippen MR) is 123 cm³/mol. The van der Waals surface area contributed by atoms with Crippen molar-refractivity contribution in [3.8, 4) is 0 Å². The molecule has 0 radical (unpaired) electrons. The number of aryl methyl sites for hydroxylation is 1. The Hall–Kier alpha value is -3.18. The van der Waals surface area contributed by atoms with Crippen LogP contribution in [0, 0.1) is 6.92 Å². The van der Waals surface area contributed by atoms with Gasteiger partial charge in [-0.2, -0.15) is 13.4 Å². The molecule has 1 aromatic carbocycles. The largest absolute Gasteiger partial charge is 0.378 e. The average molecular weight is 458 g/mol. The molecule has 0 spiro atoms. The molecule has 3 heterocycles. The van der Waals surface area contributed by atoms with Crippen LogP contribution in [-0.2, 0) is 14.8 Å². The van der Waals surface area contributed by atoms with Gasteiger partial charge in [0.1, 0.15) is 5.82 Å². The number of benzene rings is 1. The van der Waals surface area contributed by atoms with E-state index in [-0.39, 0.29) is 11.1 Å². The summed E-state index contributed by atoms with van der Waals surface area (Å²) in [5, 5.41) is 3.17. The number of anilines is 4. The first-order chi connectivity index (χ1) is 15.3. The maximum absolute atomic E-state index is 12.6. The molecule has 0 unspecified atom stereocenters. The lowest BCUT2D eigenvalue weighted by Gasteiger charge is -2.28. The average Bonchev–Trinajstić information content (AvgIpc) is 3.27. The highest BCUT2D eigenvalue weighted by atomic mass is 32.2. The van der Waals surface area contributed by atoms with Crippen molar-refractivity contribution in [1.29, 1.82) is 0 Å². The maximum atomic E-state index is 12.6. The molecule has 32 heavy (non-hydrogen) atoms. The van der Waals surface area contributed by atoms with Crippen molar-refractivity contribution < 1.29 is 13.2 Å². The minimum atomic E-state index is -3.76. The van der Waals surface area contributed by atoms with E-state index in [1.165, 1.54) is 12.5 Å². The van der Waals surface area contributed by atoms with Crippen LogP contribution in [0.1, 0.15) is 25.6 Å². The van der Waals surface area contributed by atoms with E-state index in [0.29, 0.717) is 24.8 Å². The summed E-state index contributed by atoms with van der Waals surface area (Å²) in [5.41, 5.74) is 2.04. The molecule has 0 atom stereocenters. The van der Waals surface area contributed by atoms with Crippen LogP contribution in [0.2, 0.25) is 0 Å². The second-order valence-corrected chi connectivity index (χ2v) is 9.48. The Labute approximate surface area is 187 Å². The van der Waals surface area contributed by atoms with Crippen molar-refractivity contribution in [3.05, 3.63) is 48.5 Å². The van der Waals surface area contributed by atoms with Gasteiger partial charge in [0.2, 0.25) is 5.95 Å². The van der Waals surface area contributed by atoms with Gasteiger partial charge in [0.15, 0.2) is 5.03 Å². The zero-order valence-corrected chi connectivity index (χ0v) is 19.1. The van der Waals surface area contributed by atoms with Crippen molar-refractivity contribution in [2.45, 2.75) is 31.8 Å². The third-order valence-corrected chi connectivity index (χ3v) is 6.28. The molecule has 1 aliphatic heterocycles. The fraction of sp³-hybridized carbons (Fsp3) is 0.381. The Balaban J connectivity index is 1.45. The summed E-state index contributed by atoms with van der Waals surface area (Å²) in [6.45, 7) is 8.79. The molecule has 4 rings (SSSR count). The van der Waals surface area contributed by atoms with Crippen LogP contribution < -0.4 is 14.9 Å². The van der Waals surface area contributed by atoms with Gasteiger partial charge in [0.25, 0.3) is 10.0 Å². The number of hydrogen-bond donors (Lipinski definition) is 2. The number of ether oxygens (including phenoxy) is 1. The van der Waals surface area contributed by atoms with E-state index in [1.807, 2.05) is 26.8 Å². The van der Waals surface area contributed by atoms with Gasteiger partial charge in [0, 0.05) is 48.5 Å². The Morgan fingerprint density at radius 3 is 2.41 bits per heavy atom. The van der Waals surface area contributed by atoms with Gasteiger partial charge < -0.3 is 19.5 Å². The number of rotatable bonds is 7. The van der Waals surface area contributed by atoms with Gasteiger partial charge in [-0.25, -0.2) is 9.97 Å². The van der Waals surface area contributed by atoms with Crippen LogP contribution >= 0.6 is 0 Å². The molecule has 0 saturated carbocycles. The van der Waals surface area contributed by atoms with Crippen LogP contribution in [-0.4, -0.2) is 54.2 Å². The summed E-state index contributed by atoms with van der Waals surface area (Å²) < 4.78 is 34.9. The number of sulfonamides is 1. The Bertz CT molecular complexity index is 1170. The van der Waals surface area contributed by atoms with E-state index in [9.17, 15) is 8.42 Å². The molecule has 11 heteroatoms. The lowest BCUT2D eigenvalue weighted by Crippen LogP contribution is -2.36. The molecule has 170 valence electrons. The van der Waals surface area contributed by atoms with E-state index in [1.54, 1.807) is 28.8 Å². The second kappa shape index (κ2) is 9.13. The number of imidazole rings is 1. The van der Waals surface area contributed by atoms with Crippen molar-refractivity contribution in [3.63, 3.8) is 0 Å². The van der Waals surface area contributed by atoms with E-state index in [4.69, 9.17) is 4.74 Å². The number of morpholine rings is 1. The Morgan fingerprint density at radius 2 is 1.75 bits per heavy atom. The lowest BCUT2D eigenvalue weighted by molar-refractivity contribution is 0.122. The van der Waals surface area contributed by atoms with Gasteiger partial charge in [-0.3, -0.25) is 4.72 Å². The molecule has 0 bridgehead atoms. The topological polar surface area (TPSA) is 114 Å². The summed E-state index contributed by atoms with van der Waals surface area (Å²) in [6.07, 6.45) is 3.03. The maximum Gasteiger partial charge on any atom is 0.280 e. The molecule has 2 aromatic heterocycles. The molecular formula is C21H27N7O3S. The lowest BCUT2D eigenvalue weighted by atomic mass is 10.3. The van der Waals surface area contributed by atoms with Crippen LogP contribution in [0.5, 0.6) is 0 Å². The van der Waals surface area contributed by atoms with Gasteiger partial charge in [-0.1, -0.05) is 0 Å². The smallest absolute Gasteiger partial charge is 0.280 e. The van der Waals surface area contributed by atoms with Crippen LogP contribution in [0.3, 0.4) is 0 Å². The minimum Gasteiger partial charge on any atom is -0.378 e. The molecule has 10 nitrogen and oxygen atoms in total.